The maximum atomic E-state index is 4.83. The molecule has 0 radical (unpaired) electrons. The predicted octanol–water partition coefficient (Wildman–Crippen LogP) is 2.37. The molecule has 6 nitrogen and oxygen atoms in total. The van der Waals surface area contributed by atoms with Crippen molar-refractivity contribution in [1.29, 1.82) is 0 Å². The molecule has 2 aromatic rings. The fraction of sp³-hybridized carbons (Fsp3) is 0.647. The Bertz CT molecular complexity index is 667. The van der Waals surface area contributed by atoms with Crippen LogP contribution in [0.25, 0.3) is 11.0 Å². The first-order valence-electron chi connectivity index (χ1n) is 8.88. The lowest BCUT2D eigenvalue weighted by molar-refractivity contribution is 0.352. The van der Waals surface area contributed by atoms with Crippen LogP contribution in [0.1, 0.15) is 31.4 Å². The molecule has 4 heterocycles. The van der Waals surface area contributed by atoms with Crippen molar-refractivity contribution in [3.8, 4) is 0 Å². The van der Waals surface area contributed by atoms with Crippen LogP contribution in [0, 0.1) is 6.92 Å². The van der Waals surface area contributed by atoms with Crippen molar-refractivity contribution >= 4 is 22.8 Å². The number of hydrogen-bond donors (Lipinski definition) is 2. The SMILES string of the molecule is Cc1cc2c(NCCN3CCCC3)nc(N3CCCC3)nc2[nH]1. The van der Waals surface area contributed by atoms with E-state index in [0.29, 0.717) is 0 Å². The maximum Gasteiger partial charge on any atom is 0.229 e. The topological polar surface area (TPSA) is 60.1 Å². The van der Waals surface area contributed by atoms with Gasteiger partial charge >= 0.3 is 0 Å². The van der Waals surface area contributed by atoms with Crippen LogP contribution < -0.4 is 10.2 Å². The summed E-state index contributed by atoms with van der Waals surface area (Å²) in [5.41, 5.74) is 2.08. The summed E-state index contributed by atoms with van der Waals surface area (Å²) in [4.78, 5) is 17.7. The molecule has 0 saturated carbocycles. The molecular formula is C17H26N6. The molecule has 0 aliphatic carbocycles. The second kappa shape index (κ2) is 6.35. The maximum absolute atomic E-state index is 4.83. The summed E-state index contributed by atoms with van der Waals surface area (Å²) in [6.45, 7) is 8.72. The van der Waals surface area contributed by atoms with E-state index in [1.54, 1.807) is 0 Å². The fourth-order valence-electron chi connectivity index (χ4n) is 3.66. The number of fused-ring (bicyclic) bond motifs is 1. The Balaban J connectivity index is 1.55. The zero-order chi connectivity index (χ0) is 15.6. The number of nitrogens with zero attached hydrogens (tertiary/aromatic N) is 4. The smallest absolute Gasteiger partial charge is 0.229 e. The van der Waals surface area contributed by atoms with Crippen LogP contribution in [0.15, 0.2) is 6.07 Å². The molecule has 4 rings (SSSR count). The van der Waals surface area contributed by atoms with Gasteiger partial charge in [-0.25, -0.2) is 0 Å². The van der Waals surface area contributed by atoms with Crippen molar-refractivity contribution in [2.24, 2.45) is 0 Å². The van der Waals surface area contributed by atoms with Crippen molar-refractivity contribution < 1.29 is 0 Å². The number of likely N-dealkylation sites (tertiary alicyclic amines) is 1. The van der Waals surface area contributed by atoms with E-state index in [1.165, 1.54) is 38.8 Å². The zero-order valence-electron chi connectivity index (χ0n) is 13.9. The number of aromatic nitrogens is 3. The van der Waals surface area contributed by atoms with Gasteiger partial charge in [-0.2, -0.15) is 9.97 Å². The summed E-state index contributed by atoms with van der Waals surface area (Å²) in [5, 5.41) is 4.66. The highest BCUT2D eigenvalue weighted by molar-refractivity contribution is 5.89. The van der Waals surface area contributed by atoms with Crippen molar-refractivity contribution in [2.45, 2.75) is 32.6 Å². The molecule has 2 N–H and O–H groups in total. The first kappa shape index (κ1) is 14.8. The van der Waals surface area contributed by atoms with Gasteiger partial charge in [-0.05, 0) is 51.8 Å². The van der Waals surface area contributed by atoms with Gasteiger partial charge in [0.15, 0.2) is 0 Å². The summed E-state index contributed by atoms with van der Waals surface area (Å²) in [6.07, 6.45) is 5.16. The van der Waals surface area contributed by atoms with Gasteiger partial charge in [0.25, 0.3) is 0 Å². The molecule has 124 valence electrons. The minimum absolute atomic E-state index is 0.862. The number of nitrogens with one attached hydrogen (secondary N) is 2. The fourth-order valence-corrected chi connectivity index (χ4v) is 3.66. The Morgan fingerprint density at radius 1 is 1.09 bits per heavy atom. The molecule has 2 saturated heterocycles. The van der Waals surface area contributed by atoms with Crippen molar-refractivity contribution in [3.05, 3.63) is 11.8 Å². The van der Waals surface area contributed by atoms with Crippen LogP contribution in [-0.2, 0) is 0 Å². The van der Waals surface area contributed by atoms with E-state index in [1.807, 2.05) is 0 Å². The van der Waals surface area contributed by atoms with E-state index in [0.717, 1.165) is 54.7 Å². The Morgan fingerprint density at radius 2 is 1.83 bits per heavy atom. The van der Waals surface area contributed by atoms with Gasteiger partial charge in [0.1, 0.15) is 11.5 Å². The quantitative estimate of drug-likeness (QED) is 0.887. The van der Waals surface area contributed by atoms with Gasteiger partial charge in [-0.1, -0.05) is 0 Å². The summed E-state index contributed by atoms with van der Waals surface area (Å²) >= 11 is 0. The van der Waals surface area contributed by atoms with Gasteiger partial charge in [0, 0.05) is 31.9 Å². The number of hydrogen-bond acceptors (Lipinski definition) is 5. The summed E-state index contributed by atoms with van der Waals surface area (Å²) in [5.74, 6) is 1.83. The molecule has 0 aromatic carbocycles. The highest BCUT2D eigenvalue weighted by Gasteiger charge is 2.18. The van der Waals surface area contributed by atoms with E-state index in [2.05, 4.69) is 33.1 Å². The average molecular weight is 314 g/mol. The van der Waals surface area contributed by atoms with Crippen LogP contribution in [-0.4, -0.2) is 59.1 Å². The summed E-state index contributed by atoms with van der Waals surface area (Å²) < 4.78 is 0. The molecule has 0 unspecified atom stereocenters. The van der Waals surface area contributed by atoms with Crippen LogP contribution in [0.4, 0.5) is 11.8 Å². The number of H-pyrrole nitrogens is 1. The van der Waals surface area contributed by atoms with Crippen LogP contribution in [0.5, 0.6) is 0 Å². The zero-order valence-corrected chi connectivity index (χ0v) is 13.9. The van der Waals surface area contributed by atoms with Crippen LogP contribution in [0.2, 0.25) is 0 Å². The molecule has 2 aliphatic rings. The second-order valence-corrected chi connectivity index (χ2v) is 6.76. The minimum atomic E-state index is 0.862. The molecular weight excluding hydrogens is 288 g/mol. The van der Waals surface area contributed by atoms with E-state index in [4.69, 9.17) is 9.97 Å². The van der Waals surface area contributed by atoms with Gasteiger partial charge < -0.3 is 20.1 Å². The Morgan fingerprint density at radius 3 is 2.61 bits per heavy atom. The number of rotatable bonds is 5. The van der Waals surface area contributed by atoms with Crippen LogP contribution >= 0.6 is 0 Å². The molecule has 2 fully saturated rings. The Kier molecular flexibility index (Phi) is 4.08. The van der Waals surface area contributed by atoms with Crippen molar-refractivity contribution in [3.63, 3.8) is 0 Å². The standard InChI is InChI=1S/C17H26N6/c1-13-12-14-15(18-6-11-22-7-2-3-8-22)20-17(21-16(14)19-13)23-9-4-5-10-23/h12H,2-11H2,1H3,(H2,18,19,20,21). The lowest BCUT2D eigenvalue weighted by Crippen LogP contribution is -2.26. The van der Waals surface area contributed by atoms with Gasteiger partial charge in [0.05, 0.1) is 5.39 Å². The summed E-state index contributed by atoms with van der Waals surface area (Å²) in [7, 11) is 0. The van der Waals surface area contributed by atoms with Crippen molar-refractivity contribution in [1.82, 2.24) is 19.9 Å². The van der Waals surface area contributed by atoms with Gasteiger partial charge in [-0.3, -0.25) is 0 Å². The first-order chi connectivity index (χ1) is 11.3. The third-order valence-electron chi connectivity index (χ3n) is 4.92. The highest BCUT2D eigenvalue weighted by Crippen LogP contribution is 2.26. The molecule has 0 atom stereocenters. The molecule has 0 amide bonds. The third-order valence-corrected chi connectivity index (χ3v) is 4.92. The van der Waals surface area contributed by atoms with Crippen LogP contribution in [0.3, 0.4) is 0 Å². The highest BCUT2D eigenvalue weighted by atomic mass is 15.3. The summed E-state index contributed by atoms with van der Waals surface area (Å²) in [6, 6.07) is 2.14. The molecule has 2 aromatic heterocycles. The minimum Gasteiger partial charge on any atom is -0.368 e. The van der Waals surface area contributed by atoms with Crippen molar-refractivity contribution in [2.75, 3.05) is 49.5 Å². The monoisotopic (exact) mass is 314 g/mol. The molecule has 23 heavy (non-hydrogen) atoms. The number of anilines is 2. The van der Waals surface area contributed by atoms with Gasteiger partial charge in [-0.15, -0.1) is 0 Å². The molecule has 0 spiro atoms. The average Bonchev–Trinajstić information content (AvgIpc) is 3.28. The number of aromatic amines is 1. The second-order valence-electron chi connectivity index (χ2n) is 6.76. The number of aryl methyl sites for hydroxylation is 1. The van der Waals surface area contributed by atoms with E-state index in [-0.39, 0.29) is 0 Å². The Labute approximate surface area is 137 Å². The van der Waals surface area contributed by atoms with E-state index >= 15 is 0 Å². The lowest BCUT2D eigenvalue weighted by Gasteiger charge is -2.18. The molecule has 6 heteroatoms. The lowest BCUT2D eigenvalue weighted by atomic mass is 10.3. The normalized spacial score (nSPS) is 19.1. The van der Waals surface area contributed by atoms with E-state index in [9.17, 15) is 0 Å². The largest absolute Gasteiger partial charge is 0.368 e. The Hall–Kier alpha value is -1.82. The third kappa shape index (κ3) is 3.13. The first-order valence-corrected chi connectivity index (χ1v) is 8.88. The van der Waals surface area contributed by atoms with Gasteiger partial charge in [0.2, 0.25) is 5.95 Å². The predicted molar refractivity (Wildman–Crippen MR) is 94.2 cm³/mol. The van der Waals surface area contributed by atoms with E-state index < -0.39 is 0 Å². The molecule has 2 aliphatic heterocycles. The molecule has 0 bridgehead atoms.